The molecule has 2 aromatic carbocycles. The Kier molecular flexibility index (Phi) is 9.05. The number of allylic oxidation sites excluding steroid dienone is 1. The summed E-state index contributed by atoms with van der Waals surface area (Å²) in [5, 5.41) is 12.9. The average molecular weight is 551 g/mol. The van der Waals surface area contributed by atoms with Gasteiger partial charge in [0, 0.05) is 12.3 Å². The lowest BCUT2D eigenvalue weighted by Gasteiger charge is -2.31. The van der Waals surface area contributed by atoms with Crippen LogP contribution in [-0.4, -0.2) is 58.0 Å². The number of amides is 2. The third-order valence-corrected chi connectivity index (χ3v) is 8.58. The topological polar surface area (TPSA) is 95.9 Å². The normalized spacial score (nSPS) is 25.1. The highest BCUT2D eigenvalue weighted by molar-refractivity contribution is 8.00. The number of carboxylic acids is 1. The van der Waals surface area contributed by atoms with E-state index in [2.05, 4.69) is 53.9 Å². The van der Waals surface area contributed by atoms with Crippen molar-refractivity contribution in [2.24, 2.45) is 0 Å². The first-order valence-electron chi connectivity index (χ1n) is 13.6. The largest absolute Gasteiger partial charge is 0.480 e. The zero-order valence-corrected chi connectivity index (χ0v) is 23.7. The maximum Gasteiger partial charge on any atom is 0.408 e. The summed E-state index contributed by atoms with van der Waals surface area (Å²) in [6.07, 6.45) is 6.80. The van der Waals surface area contributed by atoms with Crippen LogP contribution in [0.1, 0.15) is 58.4 Å². The lowest BCUT2D eigenvalue weighted by molar-refractivity contribution is -0.149. The Bertz CT molecular complexity index is 1190. The van der Waals surface area contributed by atoms with E-state index < -0.39 is 34.5 Å². The fourth-order valence-electron chi connectivity index (χ4n) is 5.23. The van der Waals surface area contributed by atoms with Crippen molar-refractivity contribution in [2.45, 2.75) is 75.3 Å². The van der Waals surface area contributed by atoms with E-state index in [1.165, 1.54) is 4.90 Å². The third-order valence-electron chi connectivity index (χ3n) is 7.14. The van der Waals surface area contributed by atoms with Crippen LogP contribution in [0.25, 0.3) is 11.1 Å². The fourth-order valence-corrected chi connectivity index (χ4v) is 6.59. The van der Waals surface area contributed by atoms with Crippen LogP contribution in [0.15, 0.2) is 66.7 Å². The Morgan fingerprint density at radius 3 is 2.38 bits per heavy atom. The van der Waals surface area contributed by atoms with E-state index in [0.717, 1.165) is 36.0 Å². The highest BCUT2D eigenvalue weighted by Crippen LogP contribution is 2.48. The maximum atomic E-state index is 13.9. The van der Waals surface area contributed by atoms with Crippen molar-refractivity contribution in [3.05, 3.63) is 72.3 Å². The van der Waals surface area contributed by atoms with Crippen LogP contribution in [-0.2, 0) is 19.1 Å². The molecule has 2 amide bonds. The van der Waals surface area contributed by atoms with Gasteiger partial charge in [-0.25, -0.2) is 9.59 Å². The molecule has 1 fully saturated rings. The molecule has 2 heterocycles. The Balaban J connectivity index is 1.67. The number of carboxylic acid groups (broad SMARTS) is 1. The SMILES string of the molecule is CC(C)(C)OC(=O)N[C@H]1CCCC/C=C/CS[C@@]2(c3ccc(-c4ccccc4)cc3)C[C@@H](C(=O)O)N(C2)C1=O. The summed E-state index contributed by atoms with van der Waals surface area (Å²) in [6.45, 7) is 5.54. The number of fused-ring (bicyclic) bond motifs is 2. The lowest BCUT2D eigenvalue weighted by atomic mass is 9.93. The first kappa shape index (κ1) is 28.7. The van der Waals surface area contributed by atoms with Crippen molar-refractivity contribution in [3.63, 3.8) is 0 Å². The molecule has 208 valence electrons. The number of carbonyl (C=O) groups is 3. The summed E-state index contributed by atoms with van der Waals surface area (Å²) in [6, 6.07) is 16.5. The van der Waals surface area contributed by atoms with Crippen molar-refractivity contribution in [1.29, 1.82) is 0 Å². The minimum atomic E-state index is -1.04. The van der Waals surface area contributed by atoms with Crippen LogP contribution < -0.4 is 5.32 Å². The highest BCUT2D eigenvalue weighted by Gasteiger charge is 2.51. The molecule has 39 heavy (non-hydrogen) atoms. The molecule has 3 atom stereocenters. The van der Waals surface area contributed by atoms with E-state index >= 15 is 0 Å². The number of benzene rings is 2. The van der Waals surface area contributed by atoms with Gasteiger partial charge in [0.05, 0.1) is 4.75 Å². The summed E-state index contributed by atoms with van der Waals surface area (Å²) in [4.78, 5) is 40.5. The number of carbonyl (C=O) groups excluding carboxylic acids is 2. The predicted octanol–water partition coefficient (Wildman–Crippen LogP) is 5.99. The predicted molar refractivity (Wildman–Crippen MR) is 155 cm³/mol. The summed E-state index contributed by atoms with van der Waals surface area (Å²) < 4.78 is 4.83. The standard InChI is InChI=1S/C31H38N2O5S/c1-30(2,3)38-29(37)32-25-14-10-5-4-6-11-19-39-31(20-26(28(35)36)33(21-31)27(25)34)24-17-15-23(16-18-24)22-12-8-7-9-13-22/h6-9,11-13,15-18,25-26H,4-5,10,14,19-21H2,1-3H3,(H,32,37)(H,35,36)/b11-6+/t25-,26-,31-/m0/s1. The number of thioether (sulfide) groups is 1. The van der Waals surface area contributed by atoms with Gasteiger partial charge in [-0.1, -0.05) is 73.2 Å². The van der Waals surface area contributed by atoms with E-state index in [1.807, 2.05) is 18.2 Å². The highest BCUT2D eigenvalue weighted by atomic mass is 32.2. The Labute approximate surface area is 235 Å². The molecule has 0 aliphatic carbocycles. The molecule has 7 nitrogen and oxygen atoms in total. The van der Waals surface area contributed by atoms with Gasteiger partial charge in [-0.3, -0.25) is 4.79 Å². The molecule has 0 radical (unpaired) electrons. The molecule has 2 aliphatic heterocycles. The quantitative estimate of drug-likeness (QED) is 0.454. The number of aliphatic carboxylic acids is 1. The zero-order chi connectivity index (χ0) is 28.0. The average Bonchev–Trinajstić information content (AvgIpc) is 3.30. The Hall–Kier alpha value is -3.26. The molecule has 0 unspecified atom stereocenters. The van der Waals surface area contributed by atoms with E-state index in [0.29, 0.717) is 12.2 Å². The number of hydrogen-bond acceptors (Lipinski definition) is 5. The first-order valence-corrected chi connectivity index (χ1v) is 14.5. The zero-order valence-electron chi connectivity index (χ0n) is 22.9. The van der Waals surface area contributed by atoms with Gasteiger partial charge in [0.2, 0.25) is 5.91 Å². The monoisotopic (exact) mass is 550 g/mol. The molecule has 1 saturated heterocycles. The fraction of sp³-hybridized carbons (Fsp3) is 0.452. The number of alkyl carbamates (subject to hydrolysis) is 1. The molecular formula is C31H38N2O5S. The van der Waals surface area contributed by atoms with Crippen LogP contribution in [0.4, 0.5) is 4.79 Å². The van der Waals surface area contributed by atoms with E-state index in [1.54, 1.807) is 32.5 Å². The number of hydrogen-bond donors (Lipinski definition) is 2. The van der Waals surface area contributed by atoms with E-state index in [-0.39, 0.29) is 18.9 Å². The number of nitrogens with one attached hydrogen (secondary N) is 1. The summed E-state index contributed by atoms with van der Waals surface area (Å²) in [5.74, 6) is -0.691. The van der Waals surface area contributed by atoms with Crippen molar-refractivity contribution in [3.8, 4) is 11.1 Å². The van der Waals surface area contributed by atoms with Gasteiger partial charge < -0.3 is 20.1 Å². The van der Waals surface area contributed by atoms with Gasteiger partial charge in [0.25, 0.3) is 0 Å². The molecule has 2 N–H and O–H groups in total. The van der Waals surface area contributed by atoms with Crippen LogP contribution in [0, 0.1) is 0 Å². The van der Waals surface area contributed by atoms with Gasteiger partial charge in [-0.2, -0.15) is 0 Å². The molecule has 0 saturated carbocycles. The van der Waals surface area contributed by atoms with Gasteiger partial charge in [-0.15, -0.1) is 11.8 Å². The molecule has 0 spiro atoms. The lowest BCUT2D eigenvalue weighted by Crippen LogP contribution is -2.52. The van der Waals surface area contributed by atoms with E-state index in [4.69, 9.17) is 4.74 Å². The van der Waals surface area contributed by atoms with Crippen molar-refractivity contribution < 1.29 is 24.2 Å². The summed E-state index contributed by atoms with van der Waals surface area (Å²) >= 11 is 1.68. The number of ether oxygens (including phenoxy) is 1. The molecular weight excluding hydrogens is 512 g/mol. The Morgan fingerprint density at radius 2 is 1.72 bits per heavy atom. The second-order valence-corrected chi connectivity index (χ2v) is 12.6. The second-order valence-electron chi connectivity index (χ2n) is 11.2. The van der Waals surface area contributed by atoms with Crippen LogP contribution >= 0.6 is 11.8 Å². The van der Waals surface area contributed by atoms with E-state index in [9.17, 15) is 19.5 Å². The molecule has 0 aromatic heterocycles. The minimum Gasteiger partial charge on any atom is -0.480 e. The van der Waals surface area contributed by atoms with Crippen LogP contribution in [0.5, 0.6) is 0 Å². The molecule has 4 rings (SSSR count). The molecule has 2 aliphatic rings. The molecule has 8 heteroatoms. The van der Waals surface area contributed by atoms with Crippen molar-refractivity contribution in [2.75, 3.05) is 12.3 Å². The number of rotatable bonds is 4. The molecule has 2 bridgehead atoms. The van der Waals surface area contributed by atoms with Gasteiger partial charge in [-0.05, 0) is 63.1 Å². The second kappa shape index (κ2) is 12.3. The van der Waals surface area contributed by atoms with Crippen LogP contribution in [0.3, 0.4) is 0 Å². The third kappa shape index (κ3) is 7.24. The maximum absolute atomic E-state index is 13.9. The van der Waals surface area contributed by atoms with Crippen LogP contribution in [0.2, 0.25) is 0 Å². The number of nitrogens with zero attached hydrogens (tertiary/aromatic N) is 1. The smallest absolute Gasteiger partial charge is 0.408 e. The van der Waals surface area contributed by atoms with Gasteiger partial charge >= 0.3 is 12.1 Å². The minimum absolute atomic E-state index is 0.249. The first-order chi connectivity index (χ1) is 18.6. The van der Waals surface area contributed by atoms with Gasteiger partial charge in [0.15, 0.2) is 0 Å². The molecule has 2 aromatic rings. The van der Waals surface area contributed by atoms with Gasteiger partial charge in [0.1, 0.15) is 17.7 Å². The van der Waals surface area contributed by atoms with Crippen molar-refractivity contribution in [1.82, 2.24) is 10.2 Å². The summed E-state index contributed by atoms with van der Waals surface area (Å²) in [5.41, 5.74) is 2.46. The summed E-state index contributed by atoms with van der Waals surface area (Å²) in [7, 11) is 0. The Morgan fingerprint density at radius 1 is 1.03 bits per heavy atom. The van der Waals surface area contributed by atoms with Crippen molar-refractivity contribution >= 4 is 29.7 Å².